The molecule has 204 valence electrons. The van der Waals surface area contributed by atoms with Gasteiger partial charge >= 0.3 is 0 Å². The molecule has 10 heteroatoms. The van der Waals surface area contributed by atoms with E-state index in [9.17, 15) is 23.2 Å². The summed E-state index contributed by atoms with van der Waals surface area (Å²) in [6, 6.07) is 12.0. The molecular formula is C29H29F2N3O5. The number of benzene rings is 2. The molecule has 3 heterocycles. The third kappa shape index (κ3) is 5.16. The first-order chi connectivity index (χ1) is 18.8. The number of rotatable bonds is 8. The van der Waals surface area contributed by atoms with Crippen LogP contribution in [0.4, 0.5) is 8.78 Å². The zero-order valence-corrected chi connectivity index (χ0v) is 21.7. The van der Waals surface area contributed by atoms with Crippen molar-refractivity contribution in [3.63, 3.8) is 0 Å². The molecule has 1 saturated heterocycles. The van der Waals surface area contributed by atoms with Crippen LogP contribution in [-0.2, 0) is 24.4 Å². The van der Waals surface area contributed by atoms with E-state index in [1.165, 1.54) is 16.8 Å². The Bertz CT molecular complexity index is 1460. The van der Waals surface area contributed by atoms with Gasteiger partial charge in [0, 0.05) is 24.4 Å². The molecule has 8 nitrogen and oxygen atoms in total. The second kappa shape index (κ2) is 11.0. The molecule has 1 fully saturated rings. The maximum atomic E-state index is 14.1. The van der Waals surface area contributed by atoms with Crippen LogP contribution >= 0.6 is 0 Å². The van der Waals surface area contributed by atoms with Crippen LogP contribution in [-0.4, -0.2) is 40.2 Å². The highest BCUT2D eigenvalue weighted by Crippen LogP contribution is 2.33. The molecule has 2 aliphatic rings. The van der Waals surface area contributed by atoms with Crippen molar-refractivity contribution in [3.8, 4) is 5.75 Å². The van der Waals surface area contributed by atoms with Crippen LogP contribution < -0.4 is 15.5 Å². The van der Waals surface area contributed by atoms with Crippen molar-refractivity contribution in [3.05, 3.63) is 99.0 Å². The van der Waals surface area contributed by atoms with E-state index in [4.69, 9.17) is 9.47 Å². The number of hydrogen-bond acceptors (Lipinski definition) is 5. The molecule has 0 spiro atoms. The Balaban J connectivity index is 1.50. The van der Waals surface area contributed by atoms with Crippen molar-refractivity contribution < 1.29 is 27.8 Å². The predicted molar refractivity (Wildman–Crippen MR) is 138 cm³/mol. The molecule has 0 bridgehead atoms. The van der Waals surface area contributed by atoms with Gasteiger partial charge in [0.1, 0.15) is 23.8 Å². The summed E-state index contributed by atoms with van der Waals surface area (Å²) in [5, 5.41) is 2.51. The van der Waals surface area contributed by atoms with Crippen molar-refractivity contribution in [2.75, 3.05) is 6.61 Å². The number of fused-ring (bicyclic) bond motifs is 2. The molecule has 5 rings (SSSR count). The summed E-state index contributed by atoms with van der Waals surface area (Å²) < 4.78 is 40.7. The number of carbonyl (C=O) groups is 2. The first-order valence-electron chi connectivity index (χ1n) is 12.9. The van der Waals surface area contributed by atoms with Gasteiger partial charge in [0.15, 0.2) is 17.7 Å². The maximum absolute atomic E-state index is 14.1. The smallest absolute Gasteiger partial charge is 0.276 e. The van der Waals surface area contributed by atoms with Crippen molar-refractivity contribution in [2.24, 2.45) is 5.92 Å². The average Bonchev–Trinajstić information content (AvgIpc) is 3.36. The van der Waals surface area contributed by atoms with E-state index in [0.29, 0.717) is 6.61 Å². The minimum atomic E-state index is -0.815. The van der Waals surface area contributed by atoms with Crippen molar-refractivity contribution in [1.82, 2.24) is 14.8 Å². The van der Waals surface area contributed by atoms with E-state index in [2.05, 4.69) is 12.2 Å². The molecule has 2 aromatic carbocycles. The van der Waals surface area contributed by atoms with Crippen LogP contribution in [0.5, 0.6) is 5.75 Å². The minimum absolute atomic E-state index is 0.0109. The van der Waals surface area contributed by atoms with Gasteiger partial charge in [0.25, 0.3) is 11.8 Å². The Kier molecular flexibility index (Phi) is 7.47. The van der Waals surface area contributed by atoms with Gasteiger partial charge in [-0.15, -0.1) is 0 Å². The van der Waals surface area contributed by atoms with E-state index in [1.807, 2.05) is 37.3 Å². The molecule has 2 unspecified atom stereocenters. The van der Waals surface area contributed by atoms with Gasteiger partial charge in [0.2, 0.25) is 5.43 Å². The number of nitrogens with zero attached hydrogens (tertiary/aromatic N) is 2. The number of pyridine rings is 1. The average molecular weight is 538 g/mol. The Morgan fingerprint density at radius 2 is 1.95 bits per heavy atom. The number of aromatic nitrogens is 1. The number of nitrogens with one attached hydrogen (secondary N) is 1. The van der Waals surface area contributed by atoms with Crippen molar-refractivity contribution in [2.45, 2.75) is 52.2 Å². The van der Waals surface area contributed by atoms with Gasteiger partial charge in [-0.05, 0) is 17.5 Å². The van der Waals surface area contributed by atoms with E-state index >= 15 is 0 Å². The van der Waals surface area contributed by atoms with E-state index in [1.54, 1.807) is 4.90 Å². The first-order valence-corrected chi connectivity index (χ1v) is 12.9. The van der Waals surface area contributed by atoms with Crippen LogP contribution in [0.15, 0.2) is 59.5 Å². The van der Waals surface area contributed by atoms with Gasteiger partial charge in [-0.3, -0.25) is 14.4 Å². The number of hydrogen-bond donors (Lipinski definition) is 1. The maximum Gasteiger partial charge on any atom is 0.276 e. The lowest BCUT2D eigenvalue weighted by atomic mass is 9.98. The second-order valence-electron chi connectivity index (χ2n) is 9.85. The fraction of sp³-hybridized carbons (Fsp3) is 0.345. The van der Waals surface area contributed by atoms with Crippen LogP contribution in [0, 0.1) is 17.6 Å². The third-order valence-electron chi connectivity index (χ3n) is 7.38. The molecular weight excluding hydrogens is 508 g/mol. The third-order valence-corrected chi connectivity index (χ3v) is 7.38. The molecule has 3 atom stereocenters. The second-order valence-corrected chi connectivity index (χ2v) is 9.85. The highest BCUT2D eigenvalue weighted by Gasteiger charge is 2.46. The lowest BCUT2D eigenvalue weighted by Crippen LogP contribution is -2.51. The van der Waals surface area contributed by atoms with E-state index < -0.39 is 35.1 Å². The number of carbonyl (C=O) groups excluding carboxylic acids is 2. The fourth-order valence-corrected chi connectivity index (χ4v) is 4.97. The molecule has 2 amide bonds. The van der Waals surface area contributed by atoms with Crippen LogP contribution in [0.3, 0.4) is 0 Å². The summed E-state index contributed by atoms with van der Waals surface area (Å²) in [7, 11) is 0. The van der Waals surface area contributed by atoms with Gasteiger partial charge in [-0.2, -0.15) is 0 Å². The topological polar surface area (TPSA) is 89.9 Å². The van der Waals surface area contributed by atoms with Gasteiger partial charge in [-0.1, -0.05) is 56.7 Å². The summed E-state index contributed by atoms with van der Waals surface area (Å²) in [6.45, 7) is 4.43. The highest BCUT2D eigenvalue weighted by atomic mass is 19.1. The zero-order valence-electron chi connectivity index (χ0n) is 21.7. The van der Waals surface area contributed by atoms with Crippen LogP contribution in [0.2, 0.25) is 0 Å². The van der Waals surface area contributed by atoms with Crippen LogP contribution in [0.1, 0.15) is 52.2 Å². The van der Waals surface area contributed by atoms with Crippen molar-refractivity contribution >= 4 is 11.8 Å². The molecule has 2 aliphatic heterocycles. The summed E-state index contributed by atoms with van der Waals surface area (Å²) in [5.74, 6) is -2.76. The molecule has 0 aliphatic carbocycles. The molecule has 0 radical (unpaired) electrons. The molecule has 39 heavy (non-hydrogen) atoms. The Morgan fingerprint density at radius 1 is 1.18 bits per heavy atom. The van der Waals surface area contributed by atoms with Gasteiger partial charge in [-0.25, -0.2) is 8.78 Å². The Morgan fingerprint density at radius 3 is 2.67 bits per heavy atom. The van der Waals surface area contributed by atoms with Gasteiger partial charge in [0.05, 0.1) is 19.2 Å². The summed E-state index contributed by atoms with van der Waals surface area (Å²) in [4.78, 5) is 42.2. The summed E-state index contributed by atoms with van der Waals surface area (Å²) >= 11 is 0. The summed E-state index contributed by atoms with van der Waals surface area (Å²) in [5.41, 5.74) is -0.111. The first kappa shape index (κ1) is 26.6. The van der Waals surface area contributed by atoms with E-state index in [-0.39, 0.29) is 54.2 Å². The van der Waals surface area contributed by atoms with Crippen LogP contribution in [0.25, 0.3) is 0 Å². The number of amides is 2. The lowest BCUT2D eigenvalue weighted by molar-refractivity contribution is 0.00374. The van der Waals surface area contributed by atoms with Crippen molar-refractivity contribution in [1.29, 1.82) is 0 Å². The van der Waals surface area contributed by atoms with Gasteiger partial charge < -0.3 is 24.3 Å². The minimum Gasteiger partial charge on any atom is -0.483 e. The standard InChI is InChI=1S/C29H29F2N3O5/c1-3-17(2)23-16-38-24-14-33-13-21(28(36)32-12-19-9-10-20(30)11-22(19)31)26(35)27(25(33)29(37)34(23)24)39-15-18-7-5-4-6-8-18/h4-11,13,17,23-24H,3,12,14-16H2,1-2H3,(H,32,36)/t17-,23?,24?/m0/s1. The molecule has 0 saturated carbocycles. The normalized spacial score (nSPS) is 18.9. The fourth-order valence-electron chi connectivity index (χ4n) is 4.97. The Hall–Kier alpha value is -4.05. The zero-order chi connectivity index (χ0) is 27.7. The Labute approximate surface area is 224 Å². The number of halogens is 2. The number of ether oxygens (including phenoxy) is 2. The summed E-state index contributed by atoms with van der Waals surface area (Å²) in [6.07, 6.45) is 1.62. The molecule has 1 N–H and O–H groups in total. The molecule has 1 aromatic heterocycles. The SMILES string of the molecule is CC[C@H](C)C1COC2Cn3cc(C(=O)NCc4ccc(F)cc4F)c(=O)c(OCc4ccccc4)c3C(=O)N21. The lowest BCUT2D eigenvalue weighted by Gasteiger charge is -2.36. The molecule has 3 aromatic rings. The monoisotopic (exact) mass is 537 g/mol. The van der Waals surface area contributed by atoms with E-state index in [0.717, 1.165) is 24.1 Å². The highest BCUT2D eigenvalue weighted by molar-refractivity contribution is 5.99. The largest absolute Gasteiger partial charge is 0.483 e. The predicted octanol–water partition coefficient (Wildman–Crippen LogP) is 3.86. The quantitative estimate of drug-likeness (QED) is 0.472.